The first-order chi connectivity index (χ1) is 5.06. The molecule has 2 unspecified atom stereocenters. The third-order valence-electron chi connectivity index (χ3n) is 2.07. The van der Waals surface area contributed by atoms with Crippen LogP contribution >= 0.6 is 0 Å². The molecule has 2 nitrogen and oxygen atoms in total. The maximum atomic E-state index is 7.10. The first kappa shape index (κ1) is 10.5. The number of amidine groups is 1. The molecule has 0 bridgehead atoms. The molecule has 0 fully saturated rings. The molecule has 0 saturated heterocycles. The van der Waals surface area contributed by atoms with Crippen molar-refractivity contribution < 1.29 is 0 Å². The molecule has 2 heteroatoms. The Balaban J connectivity index is 3.51. The molecule has 2 atom stereocenters. The predicted molar refractivity (Wildman–Crippen MR) is 49.8 cm³/mol. The van der Waals surface area contributed by atoms with Gasteiger partial charge in [-0.15, -0.1) is 0 Å². The van der Waals surface area contributed by atoms with Crippen LogP contribution in [0.15, 0.2) is 0 Å². The molecule has 0 aliphatic heterocycles. The normalized spacial score (nSPS) is 15.9. The largest absolute Gasteiger partial charge is 0.388 e. The molecule has 3 N–H and O–H groups in total. The average Bonchev–Trinajstić information content (AvgIpc) is 1.85. The third-order valence-corrected chi connectivity index (χ3v) is 2.07. The molecule has 0 aliphatic rings. The second-order valence-electron chi connectivity index (χ2n) is 3.58. The summed E-state index contributed by atoms with van der Waals surface area (Å²) >= 11 is 0. The molecule has 66 valence electrons. The number of hydrogen-bond acceptors (Lipinski definition) is 1. The van der Waals surface area contributed by atoms with Crippen LogP contribution in [0, 0.1) is 17.2 Å². The van der Waals surface area contributed by atoms with Crippen molar-refractivity contribution in [2.24, 2.45) is 17.6 Å². The quantitative estimate of drug-likeness (QED) is 0.466. The Kier molecular flexibility index (Phi) is 4.92. The van der Waals surface area contributed by atoms with Gasteiger partial charge in [0, 0.05) is 6.42 Å². The van der Waals surface area contributed by atoms with E-state index in [1.165, 1.54) is 12.8 Å². The number of hydrogen-bond donors (Lipinski definition) is 2. The van der Waals surface area contributed by atoms with Gasteiger partial charge in [-0.2, -0.15) is 0 Å². The van der Waals surface area contributed by atoms with E-state index in [0.717, 1.165) is 12.3 Å². The number of rotatable bonds is 5. The minimum atomic E-state index is 0.320. The Morgan fingerprint density at radius 2 is 1.91 bits per heavy atom. The number of nitrogens with two attached hydrogens (primary N) is 1. The van der Waals surface area contributed by atoms with Crippen LogP contribution in [0.4, 0.5) is 0 Å². The van der Waals surface area contributed by atoms with Gasteiger partial charge < -0.3 is 5.73 Å². The van der Waals surface area contributed by atoms with E-state index in [2.05, 4.69) is 20.8 Å². The Hall–Kier alpha value is -0.530. The van der Waals surface area contributed by atoms with Crippen molar-refractivity contribution in [2.75, 3.05) is 0 Å². The van der Waals surface area contributed by atoms with Gasteiger partial charge in [0.05, 0.1) is 5.84 Å². The standard InChI is InChI=1S/C9H20N2/c1-4-7(2)5-8(3)6-9(10)11/h7-8H,4-6H2,1-3H3,(H3,10,11). The molecule has 0 aliphatic carbocycles. The van der Waals surface area contributed by atoms with Gasteiger partial charge in [0.25, 0.3) is 0 Å². The van der Waals surface area contributed by atoms with Gasteiger partial charge in [-0.1, -0.05) is 27.2 Å². The zero-order valence-electron chi connectivity index (χ0n) is 7.85. The molecule has 0 radical (unpaired) electrons. The second-order valence-corrected chi connectivity index (χ2v) is 3.58. The van der Waals surface area contributed by atoms with E-state index in [9.17, 15) is 0 Å². The Morgan fingerprint density at radius 1 is 1.36 bits per heavy atom. The summed E-state index contributed by atoms with van der Waals surface area (Å²) in [5.41, 5.74) is 5.29. The van der Waals surface area contributed by atoms with Gasteiger partial charge in [0.15, 0.2) is 0 Å². The Bertz CT molecular complexity index is 121. The van der Waals surface area contributed by atoms with E-state index in [0.29, 0.717) is 11.8 Å². The zero-order chi connectivity index (χ0) is 8.85. The summed E-state index contributed by atoms with van der Waals surface area (Å²) < 4.78 is 0. The van der Waals surface area contributed by atoms with Crippen molar-refractivity contribution in [3.05, 3.63) is 0 Å². The molecule has 0 aromatic carbocycles. The Morgan fingerprint density at radius 3 is 2.27 bits per heavy atom. The summed E-state index contributed by atoms with van der Waals surface area (Å²) in [6.07, 6.45) is 3.17. The van der Waals surface area contributed by atoms with Gasteiger partial charge in [-0.3, -0.25) is 5.41 Å². The van der Waals surface area contributed by atoms with Crippen LogP contribution in [0.25, 0.3) is 0 Å². The van der Waals surface area contributed by atoms with Crippen LogP contribution in [0.2, 0.25) is 0 Å². The smallest absolute Gasteiger partial charge is 0.0907 e. The summed E-state index contributed by atoms with van der Waals surface area (Å²) in [5, 5.41) is 7.10. The van der Waals surface area contributed by atoms with E-state index >= 15 is 0 Å². The molecule has 0 aromatic heterocycles. The molecule has 0 spiro atoms. The summed E-state index contributed by atoms with van der Waals surface area (Å²) in [6.45, 7) is 6.61. The molecule has 11 heavy (non-hydrogen) atoms. The number of nitrogens with one attached hydrogen (secondary N) is 1. The highest BCUT2D eigenvalue weighted by Crippen LogP contribution is 2.16. The van der Waals surface area contributed by atoms with Gasteiger partial charge in [-0.05, 0) is 18.3 Å². The molecule has 0 aromatic rings. The van der Waals surface area contributed by atoms with Crippen LogP contribution in [0.3, 0.4) is 0 Å². The highest BCUT2D eigenvalue weighted by atomic mass is 14.7. The van der Waals surface area contributed by atoms with Crippen molar-refractivity contribution in [1.29, 1.82) is 5.41 Å². The van der Waals surface area contributed by atoms with Crippen molar-refractivity contribution in [2.45, 2.75) is 40.0 Å². The van der Waals surface area contributed by atoms with E-state index in [4.69, 9.17) is 11.1 Å². The van der Waals surface area contributed by atoms with Gasteiger partial charge in [0.2, 0.25) is 0 Å². The van der Waals surface area contributed by atoms with E-state index in [1.54, 1.807) is 0 Å². The van der Waals surface area contributed by atoms with E-state index < -0.39 is 0 Å². The lowest BCUT2D eigenvalue weighted by atomic mass is 9.93. The fraction of sp³-hybridized carbons (Fsp3) is 0.889. The van der Waals surface area contributed by atoms with Crippen molar-refractivity contribution in [3.8, 4) is 0 Å². The van der Waals surface area contributed by atoms with E-state index in [1.807, 2.05) is 0 Å². The summed E-state index contributed by atoms with van der Waals surface area (Å²) in [4.78, 5) is 0. The average molecular weight is 156 g/mol. The fourth-order valence-corrected chi connectivity index (χ4v) is 1.31. The van der Waals surface area contributed by atoms with Crippen LogP contribution in [0.5, 0.6) is 0 Å². The lowest BCUT2D eigenvalue weighted by Gasteiger charge is -2.14. The van der Waals surface area contributed by atoms with Gasteiger partial charge in [0.1, 0.15) is 0 Å². The maximum Gasteiger partial charge on any atom is 0.0907 e. The van der Waals surface area contributed by atoms with Crippen molar-refractivity contribution in [3.63, 3.8) is 0 Å². The molecule has 0 saturated carbocycles. The van der Waals surface area contributed by atoms with Crippen LogP contribution < -0.4 is 5.73 Å². The van der Waals surface area contributed by atoms with Gasteiger partial charge in [-0.25, -0.2) is 0 Å². The molecule has 0 amide bonds. The summed E-state index contributed by atoms with van der Waals surface area (Å²) in [6, 6.07) is 0. The lowest BCUT2D eigenvalue weighted by Crippen LogP contribution is -2.15. The predicted octanol–water partition coefficient (Wildman–Crippen LogP) is 2.38. The SMILES string of the molecule is CCC(C)CC(C)CC(=N)N. The van der Waals surface area contributed by atoms with Crippen LogP contribution in [0.1, 0.15) is 40.0 Å². The fourth-order valence-electron chi connectivity index (χ4n) is 1.31. The minimum Gasteiger partial charge on any atom is -0.388 e. The van der Waals surface area contributed by atoms with Gasteiger partial charge >= 0.3 is 0 Å². The van der Waals surface area contributed by atoms with Crippen molar-refractivity contribution >= 4 is 5.84 Å². The molecular formula is C9H20N2. The Labute approximate surface area is 69.7 Å². The monoisotopic (exact) mass is 156 g/mol. The maximum absolute atomic E-state index is 7.10. The first-order valence-corrected chi connectivity index (χ1v) is 4.39. The van der Waals surface area contributed by atoms with Crippen molar-refractivity contribution in [1.82, 2.24) is 0 Å². The molecule has 0 heterocycles. The lowest BCUT2D eigenvalue weighted by molar-refractivity contribution is 0.413. The zero-order valence-corrected chi connectivity index (χ0v) is 7.85. The summed E-state index contributed by atoms with van der Waals surface area (Å²) in [5.74, 6) is 1.66. The van der Waals surface area contributed by atoms with Crippen LogP contribution in [-0.4, -0.2) is 5.84 Å². The minimum absolute atomic E-state index is 0.320. The highest BCUT2D eigenvalue weighted by molar-refractivity contribution is 5.76. The summed E-state index contributed by atoms with van der Waals surface area (Å²) in [7, 11) is 0. The molecule has 0 rings (SSSR count). The molecular weight excluding hydrogens is 136 g/mol. The topological polar surface area (TPSA) is 49.9 Å². The van der Waals surface area contributed by atoms with E-state index in [-0.39, 0.29) is 0 Å². The second kappa shape index (κ2) is 5.16. The van der Waals surface area contributed by atoms with Crippen LogP contribution in [-0.2, 0) is 0 Å². The first-order valence-electron chi connectivity index (χ1n) is 4.39. The third kappa shape index (κ3) is 5.89. The highest BCUT2D eigenvalue weighted by Gasteiger charge is 2.07.